The topological polar surface area (TPSA) is 142 Å². The van der Waals surface area contributed by atoms with E-state index in [1.54, 1.807) is 45.1 Å². The number of nitrogens with zero attached hydrogens (tertiary/aromatic N) is 5. The fourth-order valence-corrected chi connectivity index (χ4v) is 5.11. The molecule has 0 aliphatic carbocycles. The van der Waals surface area contributed by atoms with Crippen molar-refractivity contribution in [2.45, 2.75) is 18.9 Å². The SMILES string of the molecule is COc1cc(Cc2cnc(N)nc2N)cc(C(=CC=O)N2CCc3ccccc3C2c2cnccn2)c1OC. The largest absolute Gasteiger partial charge is 0.493 e. The molecule has 4 aromatic rings. The lowest BCUT2D eigenvalue weighted by Gasteiger charge is -2.40. The van der Waals surface area contributed by atoms with Gasteiger partial charge in [-0.1, -0.05) is 24.3 Å². The molecule has 10 heteroatoms. The van der Waals surface area contributed by atoms with Crippen molar-refractivity contribution in [3.05, 3.63) is 101 Å². The van der Waals surface area contributed by atoms with E-state index < -0.39 is 0 Å². The van der Waals surface area contributed by atoms with Crippen LogP contribution in [0.2, 0.25) is 0 Å². The van der Waals surface area contributed by atoms with Crippen LogP contribution in [0.25, 0.3) is 5.70 Å². The third-order valence-corrected chi connectivity index (χ3v) is 6.81. The van der Waals surface area contributed by atoms with Gasteiger partial charge in [-0.05, 0) is 35.2 Å². The van der Waals surface area contributed by atoms with Crippen LogP contribution in [0, 0.1) is 0 Å². The summed E-state index contributed by atoms with van der Waals surface area (Å²) >= 11 is 0. The molecule has 1 aliphatic rings. The molecule has 1 unspecified atom stereocenters. The smallest absolute Gasteiger partial charge is 0.221 e. The van der Waals surface area contributed by atoms with E-state index in [1.165, 1.54) is 5.56 Å². The van der Waals surface area contributed by atoms with Crippen LogP contribution in [0.5, 0.6) is 11.5 Å². The van der Waals surface area contributed by atoms with E-state index >= 15 is 0 Å². The third kappa shape index (κ3) is 5.08. The Labute approximate surface area is 226 Å². The van der Waals surface area contributed by atoms with Crippen LogP contribution < -0.4 is 20.9 Å². The number of fused-ring (bicyclic) bond motifs is 1. The molecule has 4 N–H and O–H groups in total. The number of aldehydes is 1. The molecule has 0 radical (unpaired) electrons. The second kappa shape index (κ2) is 11.2. The first-order valence-electron chi connectivity index (χ1n) is 12.4. The molecule has 1 atom stereocenters. The van der Waals surface area contributed by atoms with Crippen molar-refractivity contribution in [1.82, 2.24) is 24.8 Å². The predicted octanol–water partition coefficient (Wildman–Crippen LogP) is 3.23. The van der Waals surface area contributed by atoms with E-state index in [-0.39, 0.29) is 12.0 Å². The van der Waals surface area contributed by atoms with Crippen LogP contribution in [-0.2, 0) is 17.6 Å². The Kier molecular flexibility index (Phi) is 7.35. The predicted molar refractivity (Wildman–Crippen MR) is 148 cm³/mol. The second-order valence-electron chi connectivity index (χ2n) is 9.06. The molecule has 0 spiro atoms. The van der Waals surface area contributed by atoms with Crippen LogP contribution >= 0.6 is 0 Å². The van der Waals surface area contributed by atoms with Crippen molar-refractivity contribution in [2.75, 3.05) is 32.2 Å². The van der Waals surface area contributed by atoms with Crippen molar-refractivity contribution < 1.29 is 14.3 Å². The van der Waals surface area contributed by atoms with Gasteiger partial charge in [0.25, 0.3) is 0 Å². The molecule has 3 heterocycles. The van der Waals surface area contributed by atoms with Crippen molar-refractivity contribution in [3.8, 4) is 11.5 Å². The minimum Gasteiger partial charge on any atom is -0.493 e. The zero-order valence-electron chi connectivity index (χ0n) is 21.7. The first kappa shape index (κ1) is 25.7. The number of aromatic nitrogens is 4. The molecule has 5 rings (SSSR count). The number of nitrogens with two attached hydrogens (primary N) is 2. The molecule has 0 fully saturated rings. The summed E-state index contributed by atoms with van der Waals surface area (Å²) in [6, 6.07) is 11.9. The highest BCUT2D eigenvalue weighted by atomic mass is 16.5. The zero-order valence-corrected chi connectivity index (χ0v) is 21.7. The maximum Gasteiger partial charge on any atom is 0.221 e. The molecule has 10 nitrogen and oxygen atoms in total. The average molecular weight is 524 g/mol. The number of allylic oxidation sites excluding steroid dienone is 1. The first-order valence-corrected chi connectivity index (χ1v) is 12.4. The number of rotatable bonds is 8. The molecule has 0 amide bonds. The molecular formula is C29H29N7O3. The van der Waals surface area contributed by atoms with Crippen molar-refractivity contribution >= 4 is 23.7 Å². The monoisotopic (exact) mass is 523 g/mol. The standard InChI is InChI=1S/C29H29N7O3/c1-38-25-15-18(13-20-16-34-29(31)35-28(20)30)14-22(27(25)39-2)24(8-12-37)36-11-7-19-5-3-4-6-21(19)26(36)23-17-32-9-10-33-23/h3-6,8-10,12,14-17,26H,7,11,13H2,1-2H3,(H4,30,31,34,35). The Morgan fingerprint density at radius 3 is 2.67 bits per heavy atom. The van der Waals surface area contributed by atoms with Crippen LogP contribution in [-0.4, -0.2) is 51.9 Å². The highest BCUT2D eigenvalue weighted by Gasteiger charge is 2.33. The summed E-state index contributed by atoms with van der Waals surface area (Å²) in [7, 11) is 3.16. The number of methoxy groups -OCH3 is 2. The number of nitrogen functional groups attached to an aromatic ring is 2. The molecule has 2 aromatic heterocycles. The lowest BCUT2D eigenvalue weighted by Crippen LogP contribution is -2.35. The average Bonchev–Trinajstić information content (AvgIpc) is 2.96. The van der Waals surface area contributed by atoms with Gasteiger partial charge in [-0.15, -0.1) is 0 Å². The van der Waals surface area contributed by atoms with Gasteiger partial charge < -0.3 is 25.8 Å². The van der Waals surface area contributed by atoms with Crippen molar-refractivity contribution in [1.29, 1.82) is 0 Å². The Bertz CT molecular complexity index is 1530. The summed E-state index contributed by atoms with van der Waals surface area (Å²) in [4.78, 5) is 31.4. The van der Waals surface area contributed by atoms with Gasteiger partial charge in [-0.3, -0.25) is 14.8 Å². The van der Waals surface area contributed by atoms with E-state index in [9.17, 15) is 4.79 Å². The number of ether oxygens (including phenoxy) is 2. The summed E-state index contributed by atoms with van der Waals surface area (Å²) in [5.74, 6) is 1.44. The molecule has 198 valence electrons. The van der Waals surface area contributed by atoms with Crippen molar-refractivity contribution in [2.24, 2.45) is 0 Å². The van der Waals surface area contributed by atoms with E-state index in [0.717, 1.165) is 29.5 Å². The number of carbonyl (C=O) groups is 1. The minimum atomic E-state index is -0.268. The maximum absolute atomic E-state index is 12.1. The Hall–Kier alpha value is -4.99. The number of benzene rings is 2. The first-order chi connectivity index (χ1) is 19.0. The Morgan fingerprint density at radius 2 is 1.95 bits per heavy atom. The van der Waals surface area contributed by atoms with Crippen LogP contribution in [0.15, 0.2) is 67.3 Å². The molecular weight excluding hydrogens is 494 g/mol. The summed E-state index contributed by atoms with van der Waals surface area (Å²) < 4.78 is 11.6. The van der Waals surface area contributed by atoms with E-state index in [4.69, 9.17) is 20.9 Å². The van der Waals surface area contributed by atoms with E-state index in [1.807, 2.05) is 24.3 Å². The van der Waals surface area contributed by atoms with Gasteiger partial charge in [0.05, 0.1) is 37.8 Å². The molecule has 1 aliphatic heterocycles. The minimum absolute atomic E-state index is 0.112. The van der Waals surface area contributed by atoms with Gasteiger partial charge in [0, 0.05) is 48.8 Å². The fourth-order valence-electron chi connectivity index (χ4n) is 5.11. The van der Waals surface area contributed by atoms with Gasteiger partial charge in [0.1, 0.15) is 12.1 Å². The lowest BCUT2D eigenvalue weighted by atomic mass is 9.89. The van der Waals surface area contributed by atoms with Crippen molar-refractivity contribution in [3.63, 3.8) is 0 Å². The third-order valence-electron chi connectivity index (χ3n) is 6.81. The summed E-state index contributed by atoms with van der Waals surface area (Å²) in [5, 5.41) is 0. The van der Waals surface area contributed by atoms with Crippen LogP contribution in [0.4, 0.5) is 11.8 Å². The maximum atomic E-state index is 12.1. The van der Waals surface area contributed by atoms with Gasteiger partial charge in [0.15, 0.2) is 11.5 Å². The number of anilines is 2. The fraction of sp³-hybridized carbons (Fsp3) is 0.207. The van der Waals surface area contributed by atoms with Gasteiger partial charge >= 0.3 is 0 Å². The normalized spacial score (nSPS) is 15.0. The van der Waals surface area contributed by atoms with E-state index in [0.29, 0.717) is 47.1 Å². The van der Waals surface area contributed by atoms with Gasteiger partial charge in [-0.25, -0.2) is 4.98 Å². The van der Waals surface area contributed by atoms with E-state index in [2.05, 4.69) is 37.0 Å². The summed E-state index contributed by atoms with van der Waals surface area (Å²) in [6.07, 6.45) is 10.3. The summed E-state index contributed by atoms with van der Waals surface area (Å²) in [6.45, 7) is 0.645. The quantitative estimate of drug-likeness (QED) is 0.261. The molecule has 39 heavy (non-hydrogen) atoms. The highest BCUT2D eigenvalue weighted by molar-refractivity contribution is 5.84. The second-order valence-corrected chi connectivity index (χ2v) is 9.06. The zero-order chi connectivity index (χ0) is 27.4. The van der Waals surface area contributed by atoms with Crippen LogP contribution in [0.1, 0.15) is 39.6 Å². The Balaban J connectivity index is 1.66. The summed E-state index contributed by atoms with van der Waals surface area (Å²) in [5.41, 5.74) is 17.9. The molecule has 0 saturated carbocycles. The molecule has 0 bridgehead atoms. The molecule has 0 saturated heterocycles. The molecule has 2 aromatic carbocycles. The number of hydrogen-bond acceptors (Lipinski definition) is 10. The highest BCUT2D eigenvalue weighted by Crippen LogP contribution is 2.44. The number of carbonyl (C=O) groups excluding carboxylic acids is 1. The Morgan fingerprint density at radius 1 is 1.10 bits per heavy atom. The number of hydrogen-bond donors (Lipinski definition) is 2. The van der Waals surface area contributed by atoms with Gasteiger partial charge in [0.2, 0.25) is 5.95 Å². The van der Waals surface area contributed by atoms with Crippen LogP contribution in [0.3, 0.4) is 0 Å². The van der Waals surface area contributed by atoms with Gasteiger partial charge in [-0.2, -0.15) is 4.98 Å². The lowest BCUT2D eigenvalue weighted by molar-refractivity contribution is -0.104.